The minimum absolute atomic E-state index is 0.000146. The Hall–Kier alpha value is -3.15. The van der Waals surface area contributed by atoms with Crippen LogP contribution in [0.4, 0.5) is 4.39 Å². The molecule has 5 rings (SSSR count). The molecule has 36 heavy (non-hydrogen) atoms. The summed E-state index contributed by atoms with van der Waals surface area (Å²) in [4.78, 5) is 28.4. The van der Waals surface area contributed by atoms with Crippen LogP contribution in [0.3, 0.4) is 0 Å². The zero-order valence-corrected chi connectivity index (χ0v) is 20.7. The minimum Gasteiger partial charge on any atom is -0.503 e. The SMILES string of the molecule is COCCOC[C@@H]1Cn2cc(-c3nnc(Cc4ccc(F)cc4)s3)c(=O)c(O)c2C(=O)N1C1CCC1. The number of methoxy groups -OCH3 is 1. The van der Waals surface area contributed by atoms with Crippen LogP contribution in [0.15, 0.2) is 35.3 Å². The largest absolute Gasteiger partial charge is 0.503 e. The lowest BCUT2D eigenvalue weighted by molar-refractivity contribution is -0.00669. The molecule has 0 saturated heterocycles. The van der Waals surface area contributed by atoms with Gasteiger partial charge in [0, 0.05) is 32.3 Å². The van der Waals surface area contributed by atoms with Crippen molar-refractivity contribution >= 4 is 17.2 Å². The van der Waals surface area contributed by atoms with Crippen molar-refractivity contribution < 1.29 is 23.8 Å². The Labute approximate surface area is 211 Å². The zero-order valence-electron chi connectivity index (χ0n) is 19.9. The number of carbonyl (C=O) groups is 1. The maximum Gasteiger partial charge on any atom is 0.275 e. The van der Waals surface area contributed by atoms with Gasteiger partial charge in [-0.15, -0.1) is 10.2 Å². The smallest absolute Gasteiger partial charge is 0.275 e. The van der Waals surface area contributed by atoms with Crippen LogP contribution in [0, 0.1) is 5.82 Å². The molecule has 0 spiro atoms. The van der Waals surface area contributed by atoms with E-state index in [2.05, 4.69) is 10.2 Å². The highest BCUT2D eigenvalue weighted by atomic mass is 32.1. The van der Waals surface area contributed by atoms with Crippen LogP contribution in [-0.4, -0.2) is 69.7 Å². The van der Waals surface area contributed by atoms with Crippen molar-refractivity contribution in [3.8, 4) is 16.3 Å². The van der Waals surface area contributed by atoms with Crippen molar-refractivity contribution in [2.75, 3.05) is 26.9 Å². The number of aromatic hydroxyl groups is 1. The topological polar surface area (TPSA) is 107 Å². The minimum atomic E-state index is -0.651. The molecule has 1 N–H and O–H groups in total. The molecule has 2 aromatic heterocycles. The first-order chi connectivity index (χ1) is 17.5. The Morgan fingerprint density at radius 2 is 1.94 bits per heavy atom. The molecular formula is C25H27FN4O5S. The third kappa shape index (κ3) is 4.78. The molecule has 11 heteroatoms. The van der Waals surface area contributed by atoms with Gasteiger partial charge < -0.3 is 24.0 Å². The Morgan fingerprint density at radius 1 is 1.17 bits per heavy atom. The number of nitrogens with zero attached hydrogens (tertiary/aromatic N) is 4. The second-order valence-electron chi connectivity index (χ2n) is 9.04. The van der Waals surface area contributed by atoms with E-state index in [0.717, 1.165) is 24.8 Å². The first-order valence-corrected chi connectivity index (χ1v) is 12.7. The van der Waals surface area contributed by atoms with Gasteiger partial charge in [0.25, 0.3) is 5.91 Å². The maximum absolute atomic E-state index is 13.5. The normalized spacial score (nSPS) is 17.8. The van der Waals surface area contributed by atoms with Gasteiger partial charge in [-0.05, 0) is 37.0 Å². The molecule has 3 aromatic rings. The molecule has 1 amide bonds. The van der Waals surface area contributed by atoms with Crippen molar-refractivity contribution in [2.24, 2.45) is 0 Å². The second kappa shape index (κ2) is 10.5. The summed E-state index contributed by atoms with van der Waals surface area (Å²) in [5.74, 6) is -1.25. The van der Waals surface area contributed by atoms with Crippen molar-refractivity contribution in [2.45, 2.75) is 44.3 Å². The molecular weight excluding hydrogens is 487 g/mol. The van der Waals surface area contributed by atoms with Gasteiger partial charge in [-0.1, -0.05) is 23.5 Å². The van der Waals surface area contributed by atoms with E-state index in [1.165, 1.54) is 23.5 Å². The van der Waals surface area contributed by atoms with Gasteiger partial charge in [-0.3, -0.25) is 9.59 Å². The Balaban J connectivity index is 1.44. The average Bonchev–Trinajstić information content (AvgIpc) is 3.29. The van der Waals surface area contributed by atoms with E-state index in [4.69, 9.17) is 9.47 Å². The van der Waals surface area contributed by atoms with Gasteiger partial charge in [0.1, 0.15) is 10.8 Å². The van der Waals surface area contributed by atoms with E-state index >= 15 is 0 Å². The highest BCUT2D eigenvalue weighted by molar-refractivity contribution is 7.14. The maximum atomic E-state index is 13.5. The number of hydrogen-bond donors (Lipinski definition) is 1. The highest BCUT2D eigenvalue weighted by Gasteiger charge is 2.41. The van der Waals surface area contributed by atoms with Crippen LogP contribution in [0.2, 0.25) is 0 Å². The number of halogens is 1. The molecule has 2 aliphatic rings. The van der Waals surface area contributed by atoms with Gasteiger partial charge >= 0.3 is 0 Å². The van der Waals surface area contributed by atoms with Gasteiger partial charge in [0.05, 0.1) is 31.4 Å². The van der Waals surface area contributed by atoms with E-state index in [1.54, 1.807) is 34.9 Å². The third-order valence-corrected chi connectivity index (χ3v) is 7.63. The lowest BCUT2D eigenvalue weighted by Crippen LogP contribution is -2.57. The van der Waals surface area contributed by atoms with Crippen LogP contribution >= 0.6 is 11.3 Å². The number of benzene rings is 1. The van der Waals surface area contributed by atoms with Crippen LogP contribution < -0.4 is 5.43 Å². The highest BCUT2D eigenvalue weighted by Crippen LogP contribution is 2.34. The number of rotatable bonds is 9. The summed E-state index contributed by atoms with van der Waals surface area (Å²) < 4.78 is 25.6. The van der Waals surface area contributed by atoms with Crippen LogP contribution in [0.5, 0.6) is 5.75 Å². The summed E-state index contributed by atoms with van der Waals surface area (Å²) in [7, 11) is 1.60. The fourth-order valence-electron chi connectivity index (χ4n) is 4.61. The molecule has 1 aliphatic heterocycles. The summed E-state index contributed by atoms with van der Waals surface area (Å²) in [6.45, 7) is 1.57. The van der Waals surface area contributed by atoms with Gasteiger partial charge in [-0.25, -0.2) is 4.39 Å². The van der Waals surface area contributed by atoms with Gasteiger partial charge in [0.15, 0.2) is 16.5 Å². The van der Waals surface area contributed by atoms with E-state index < -0.39 is 11.2 Å². The molecule has 1 aromatic carbocycles. The fraction of sp³-hybridized carbons (Fsp3) is 0.440. The van der Waals surface area contributed by atoms with Crippen molar-refractivity contribution in [3.63, 3.8) is 0 Å². The van der Waals surface area contributed by atoms with Gasteiger partial charge in [-0.2, -0.15) is 0 Å². The summed E-state index contributed by atoms with van der Waals surface area (Å²) in [5.41, 5.74) is 0.396. The van der Waals surface area contributed by atoms with Crippen molar-refractivity contribution in [3.05, 3.63) is 62.8 Å². The number of fused-ring (bicyclic) bond motifs is 1. The molecule has 0 bridgehead atoms. The Bertz CT molecular complexity index is 1300. The third-order valence-electron chi connectivity index (χ3n) is 6.67. The number of carbonyl (C=O) groups excluding carboxylic acids is 1. The molecule has 1 aliphatic carbocycles. The number of pyridine rings is 1. The van der Waals surface area contributed by atoms with Crippen LogP contribution in [0.1, 0.15) is 40.3 Å². The van der Waals surface area contributed by atoms with Crippen LogP contribution in [0.25, 0.3) is 10.6 Å². The summed E-state index contributed by atoms with van der Waals surface area (Å²) >= 11 is 1.22. The molecule has 0 unspecified atom stereocenters. The molecule has 3 heterocycles. The number of hydrogen-bond acceptors (Lipinski definition) is 8. The summed E-state index contributed by atoms with van der Waals surface area (Å²) in [6, 6.07) is 5.95. The molecule has 1 saturated carbocycles. The standard InChI is InChI=1S/C25H27FN4O5S/c1-34-9-10-35-14-18-12-29-13-19(22(31)23(32)21(29)25(33)30(18)17-3-2-4-17)24-28-27-20(36-24)11-15-5-7-16(26)8-6-15/h5-8,13,17-18,32H,2-4,9-12,14H2,1H3/t18-/m0/s1. The number of aromatic nitrogens is 3. The first-order valence-electron chi connectivity index (χ1n) is 11.9. The quantitative estimate of drug-likeness (QED) is 0.438. The predicted octanol–water partition coefficient (Wildman–Crippen LogP) is 2.84. The monoisotopic (exact) mass is 514 g/mol. The lowest BCUT2D eigenvalue weighted by Gasteiger charge is -2.45. The summed E-state index contributed by atoms with van der Waals surface area (Å²) in [5, 5.41) is 20.2. The first kappa shape index (κ1) is 24.5. The molecule has 1 atom stereocenters. The Kier molecular flexibility index (Phi) is 7.13. The van der Waals surface area contributed by atoms with E-state index in [0.29, 0.717) is 42.8 Å². The van der Waals surface area contributed by atoms with Crippen molar-refractivity contribution in [1.29, 1.82) is 0 Å². The number of ether oxygens (including phenoxy) is 2. The van der Waals surface area contributed by atoms with E-state index in [-0.39, 0.29) is 35.1 Å². The predicted molar refractivity (Wildman–Crippen MR) is 131 cm³/mol. The van der Waals surface area contributed by atoms with Gasteiger partial charge in [0.2, 0.25) is 5.43 Å². The number of amides is 1. The Morgan fingerprint density at radius 3 is 2.64 bits per heavy atom. The average molecular weight is 515 g/mol. The fourth-order valence-corrected chi connectivity index (χ4v) is 5.49. The molecule has 0 radical (unpaired) electrons. The molecule has 9 nitrogen and oxygen atoms in total. The van der Waals surface area contributed by atoms with E-state index in [1.807, 2.05) is 0 Å². The van der Waals surface area contributed by atoms with E-state index in [9.17, 15) is 19.1 Å². The molecule has 1 fully saturated rings. The van der Waals surface area contributed by atoms with Crippen molar-refractivity contribution in [1.82, 2.24) is 19.7 Å². The summed E-state index contributed by atoms with van der Waals surface area (Å²) in [6.07, 6.45) is 4.85. The molecule has 190 valence electrons. The lowest BCUT2D eigenvalue weighted by atomic mass is 9.89. The van der Waals surface area contributed by atoms with Crippen LogP contribution in [-0.2, 0) is 22.4 Å². The zero-order chi connectivity index (χ0) is 25.2. The second-order valence-corrected chi connectivity index (χ2v) is 10.1.